The molecule has 0 aromatic carbocycles. The molecule has 3 heteroatoms. The molecule has 0 heterocycles. The lowest BCUT2D eigenvalue weighted by atomic mass is 10.2. The molecule has 0 radical (unpaired) electrons. The minimum atomic E-state index is -0.392. The van der Waals surface area contributed by atoms with Gasteiger partial charge in [0, 0.05) is 13.1 Å². The maximum atomic E-state index is 11.6. The summed E-state index contributed by atoms with van der Waals surface area (Å²) in [6, 6.07) is 0. The van der Waals surface area contributed by atoms with E-state index in [4.69, 9.17) is 4.74 Å². The third-order valence-electron chi connectivity index (χ3n) is 1.64. The number of rotatable bonds is 4. The van der Waals surface area contributed by atoms with Crippen molar-refractivity contribution in [1.82, 2.24) is 4.90 Å². The van der Waals surface area contributed by atoms with E-state index >= 15 is 0 Å². The number of carbonyl (C=O) groups is 1. The summed E-state index contributed by atoms with van der Waals surface area (Å²) >= 11 is 0. The number of hydrogen-bond acceptors (Lipinski definition) is 2. The first kappa shape index (κ1) is 17.7. The highest BCUT2D eigenvalue weighted by Gasteiger charge is 2.20. The lowest BCUT2D eigenvalue weighted by Crippen LogP contribution is -2.37. The smallest absolute Gasteiger partial charge is 0.410 e. The molecule has 1 amide bonds. The molecule has 0 aliphatic carbocycles. The number of hydrogen-bond donors (Lipinski definition) is 0. The summed E-state index contributed by atoms with van der Waals surface area (Å²) in [6.07, 6.45) is 1.75. The van der Waals surface area contributed by atoms with Gasteiger partial charge in [0.25, 0.3) is 0 Å². The molecule has 0 fully saturated rings. The van der Waals surface area contributed by atoms with Gasteiger partial charge in [0.15, 0.2) is 0 Å². The summed E-state index contributed by atoms with van der Waals surface area (Å²) < 4.78 is 5.29. The van der Waals surface area contributed by atoms with Crippen molar-refractivity contribution in [3.63, 3.8) is 0 Å². The fraction of sp³-hybridized carbons (Fsp3) is 0.923. The maximum absolute atomic E-state index is 11.6. The zero-order valence-corrected chi connectivity index (χ0v) is 12.1. The van der Waals surface area contributed by atoms with Gasteiger partial charge in [0.1, 0.15) is 5.60 Å². The maximum Gasteiger partial charge on any atom is 0.410 e. The van der Waals surface area contributed by atoms with Crippen LogP contribution in [0, 0.1) is 0 Å². The van der Waals surface area contributed by atoms with Gasteiger partial charge in [-0.15, -0.1) is 0 Å². The fourth-order valence-corrected chi connectivity index (χ4v) is 1.16. The van der Waals surface area contributed by atoms with Gasteiger partial charge in [-0.2, -0.15) is 0 Å². The number of nitrogens with zero attached hydrogens (tertiary/aromatic N) is 1. The van der Waals surface area contributed by atoms with Crippen molar-refractivity contribution >= 4 is 6.09 Å². The molecule has 0 aromatic heterocycles. The largest absolute Gasteiger partial charge is 0.444 e. The Hall–Kier alpha value is -0.730. The van der Waals surface area contributed by atoms with Gasteiger partial charge in [0.2, 0.25) is 0 Å². The highest BCUT2D eigenvalue weighted by molar-refractivity contribution is 5.68. The van der Waals surface area contributed by atoms with Crippen LogP contribution in [0.15, 0.2) is 0 Å². The predicted octanol–water partition coefficient (Wildman–Crippen LogP) is 4.07. The van der Waals surface area contributed by atoms with E-state index in [1.807, 2.05) is 34.6 Å². The molecular formula is C13H29NO2. The average Bonchev–Trinajstić information content (AvgIpc) is 2.18. The fourth-order valence-electron chi connectivity index (χ4n) is 1.16. The van der Waals surface area contributed by atoms with Crippen LogP contribution >= 0.6 is 0 Å². The molecule has 98 valence electrons. The van der Waals surface area contributed by atoms with Gasteiger partial charge < -0.3 is 9.64 Å². The summed E-state index contributed by atoms with van der Waals surface area (Å²) in [7, 11) is 0. The number of ether oxygens (including phenoxy) is 1. The second-order valence-corrected chi connectivity index (χ2v) is 4.47. The molecule has 0 spiro atoms. The molecule has 0 saturated carbocycles. The van der Waals surface area contributed by atoms with E-state index in [0.29, 0.717) is 0 Å². The number of amides is 1. The van der Waals surface area contributed by atoms with Crippen molar-refractivity contribution in [1.29, 1.82) is 0 Å². The highest BCUT2D eigenvalue weighted by atomic mass is 16.6. The Labute approximate surface area is 101 Å². The Bertz CT molecular complexity index is 167. The monoisotopic (exact) mass is 231 g/mol. The number of carbonyl (C=O) groups excluding carboxylic acids is 1. The van der Waals surface area contributed by atoms with E-state index < -0.39 is 5.60 Å². The topological polar surface area (TPSA) is 29.5 Å². The molecule has 0 aliphatic heterocycles. The lowest BCUT2D eigenvalue weighted by molar-refractivity contribution is 0.0250. The summed E-state index contributed by atoms with van der Waals surface area (Å²) in [5, 5.41) is 0. The van der Waals surface area contributed by atoms with Crippen LogP contribution in [0.5, 0.6) is 0 Å². The Morgan fingerprint density at radius 2 is 1.44 bits per heavy atom. The molecule has 0 unspecified atom stereocenters. The molecule has 0 aliphatic rings. The van der Waals surface area contributed by atoms with E-state index in [0.717, 1.165) is 25.9 Å². The van der Waals surface area contributed by atoms with E-state index in [1.165, 1.54) is 0 Å². The predicted molar refractivity (Wildman–Crippen MR) is 69.7 cm³/mol. The van der Waals surface area contributed by atoms with Gasteiger partial charge in [-0.05, 0) is 33.6 Å². The standard InChI is InChI=1S/C11H23NO2.C2H6/c1-6-8-12(9-7-2)10(13)14-11(3,4)5;1-2/h6-9H2,1-5H3;1-2H3. The molecule has 0 N–H and O–H groups in total. The Kier molecular flexibility index (Phi) is 10.5. The van der Waals surface area contributed by atoms with Crippen molar-refractivity contribution in [2.24, 2.45) is 0 Å². The molecule has 0 bridgehead atoms. The van der Waals surface area contributed by atoms with Crippen molar-refractivity contribution in [3.05, 3.63) is 0 Å². The SMILES string of the molecule is CC.CCCN(CCC)C(=O)OC(C)(C)C. The van der Waals surface area contributed by atoms with Gasteiger partial charge in [-0.25, -0.2) is 4.79 Å². The zero-order valence-electron chi connectivity index (χ0n) is 12.1. The molecule has 3 nitrogen and oxygen atoms in total. The Balaban J connectivity index is 0. The second-order valence-electron chi connectivity index (χ2n) is 4.47. The molecule has 0 atom stereocenters. The summed E-state index contributed by atoms with van der Waals surface area (Å²) in [5.74, 6) is 0. The molecule has 16 heavy (non-hydrogen) atoms. The minimum absolute atomic E-state index is 0.193. The molecule has 0 saturated heterocycles. The average molecular weight is 231 g/mol. The van der Waals surface area contributed by atoms with Gasteiger partial charge in [-0.1, -0.05) is 27.7 Å². The molecule has 0 rings (SSSR count). The highest BCUT2D eigenvalue weighted by Crippen LogP contribution is 2.10. The van der Waals surface area contributed by atoms with Gasteiger partial charge in [-0.3, -0.25) is 0 Å². The van der Waals surface area contributed by atoms with Crippen molar-refractivity contribution in [2.45, 2.75) is 66.9 Å². The van der Waals surface area contributed by atoms with Crippen LogP contribution in [0.4, 0.5) is 4.79 Å². The van der Waals surface area contributed by atoms with Crippen LogP contribution in [0.3, 0.4) is 0 Å². The summed E-state index contributed by atoms with van der Waals surface area (Å²) in [5.41, 5.74) is -0.392. The summed E-state index contributed by atoms with van der Waals surface area (Å²) in [6.45, 7) is 15.4. The second kappa shape index (κ2) is 9.49. The lowest BCUT2D eigenvalue weighted by Gasteiger charge is -2.26. The van der Waals surface area contributed by atoms with E-state index in [2.05, 4.69) is 13.8 Å². The van der Waals surface area contributed by atoms with Gasteiger partial charge >= 0.3 is 6.09 Å². The van der Waals surface area contributed by atoms with Gasteiger partial charge in [0.05, 0.1) is 0 Å². The third-order valence-corrected chi connectivity index (χ3v) is 1.64. The normalized spacial score (nSPS) is 10.2. The van der Waals surface area contributed by atoms with E-state index in [-0.39, 0.29) is 6.09 Å². The van der Waals surface area contributed by atoms with Crippen molar-refractivity contribution < 1.29 is 9.53 Å². The first-order valence-corrected chi connectivity index (χ1v) is 6.38. The van der Waals surface area contributed by atoms with E-state index in [9.17, 15) is 4.79 Å². The Morgan fingerprint density at radius 1 is 1.06 bits per heavy atom. The van der Waals surface area contributed by atoms with Crippen LogP contribution in [0.25, 0.3) is 0 Å². The molecular weight excluding hydrogens is 202 g/mol. The van der Waals surface area contributed by atoms with Crippen LogP contribution in [-0.2, 0) is 4.74 Å². The van der Waals surface area contributed by atoms with Crippen LogP contribution in [-0.4, -0.2) is 29.7 Å². The zero-order chi connectivity index (χ0) is 13.2. The van der Waals surface area contributed by atoms with Crippen molar-refractivity contribution in [3.8, 4) is 0 Å². The minimum Gasteiger partial charge on any atom is -0.444 e. The van der Waals surface area contributed by atoms with Crippen LogP contribution in [0.2, 0.25) is 0 Å². The Morgan fingerprint density at radius 3 is 1.69 bits per heavy atom. The summed E-state index contributed by atoms with van der Waals surface area (Å²) in [4.78, 5) is 13.4. The quantitative estimate of drug-likeness (QED) is 0.730. The third kappa shape index (κ3) is 9.81. The van der Waals surface area contributed by atoms with Crippen LogP contribution in [0.1, 0.15) is 61.3 Å². The first-order valence-electron chi connectivity index (χ1n) is 6.38. The van der Waals surface area contributed by atoms with Crippen molar-refractivity contribution in [2.75, 3.05) is 13.1 Å². The molecule has 0 aromatic rings. The first-order chi connectivity index (χ1) is 7.40. The van der Waals surface area contributed by atoms with Crippen LogP contribution < -0.4 is 0 Å². The van der Waals surface area contributed by atoms with E-state index in [1.54, 1.807) is 4.90 Å².